The summed E-state index contributed by atoms with van der Waals surface area (Å²) in [7, 11) is 0. The first-order valence-electron chi connectivity index (χ1n) is 3.54. The van der Waals surface area contributed by atoms with Crippen LogP contribution in [0.15, 0.2) is 10.7 Å². The van der Waals surface area contributed by atoms with Gasteiger partial charge in [-0.25, -0.2) is 4.98 Å². The molecule has 4 heteroatoms. The molecule has 4 nitrogen and oxygen atoms in total. The number of nitrogens with zero attached hydrogens (tertiary/aromatic N) is 1. The lowest BCUT2D eigenvalue weighted by Crippen LogP contribution is -2.05. The Kier molecular flexibility index (Phi) is 2.62. The minimum atomic E-state index is -0.105. The predicted molar refractivity (Wildman–Crippen MR) is 39.9 cm³/mol. The molecule has 0 saturated carbocycles. The Morgan fingerprint density at radius 1 is 1.82 bits per heavy atom. The lowest BCUT2D eigenvalue weighted by Gasteiger charge is -1.94. The number of hydrogen-bond donors (Lipinski definition) is 2. The number of aliphatic hydroxyl groups is 1. The van der Waals surface area contributed by atoms with Crippen LogP contribution in [0.4, 0.5) is 0 Å². The molecule has 0 aliphatic rings. The molecular weight excluding hydrogens is 144 g/mol. The number of oxazole rings is 1. The normalized spacial score (nSPS) is 13.4. The lowest BCUT2D eigenvalue weighted by atomic mass is 10.3. The smallest absolute Gasteiger partial charge is 0.196 e. The molecule has 0 aromatic carbocycles. The summed E-state index contributed by atoms with van der Waals surface area (Å²) < 4.78 is 5.02. The SMILES string of the molecule is CC(N)c1coc(CCO)n1. The number of hydrogen-bond acceptors (Lipinski definition) is 4. The highest BCUT2D eigenvalue weighted by Crippen LogP contribution is 2.08. The van der Waals surface area contributed by atoms with E-state index in [1.54, 1.807) is 0 Å². The van der Waals surface area contributed by atoms with Gasteiger partial charge in [0, 0.05) is 12.5 Å². The number of aliphatic hydroxyl groups excluding tert-OH is 1. The summed E-state index contributed by atoms with van der Waals surface area (Å²) in [6.07, 6.45) is 1.97. The van der Waals surface area contributed by atoms with E-state index in [-0.39, 0.29) is 12.6 Å². The van der Waals surface area contributed by atoms with Gasteiger partial charge in [-0.15, -0.1) is 0 Å². The van der Waals surface area contributed by atoms with Crippen molar-refractivity contribution < 1.29 is 9.52 Å². The molecule has 62 valence electrons. The van der Waals surface area contributed by atoms with Gasteiger partial charge in [0.05, 0.1) is 12.3 Å². The number of nitrogens with two attached hydrogens (primary N) is 1. The molecule has 1 aromatic heterocycles. The van der Waals surface area contributed by atoms with E-state index in [9.17, 15) is 0 Å². The van der Waals surface area contributed by atoms with E-state index >= 15 is 0 Å². The van der Waals surface area contributed by atoms with Crippen molar-refractivity contribution in [1.82, 2.24) is 4.98 Å². The molecule has 0 aliphatic heterocycles. The fourth-order valence-corrected chi connectivity index (χ4v) is 0.745. The maximum absolute atomic E-state index is 8.54. The van der Waals surface area contributed by atoms with Gasteiger partial charge in [-0.05, 0) is 6.92 Å². The zero-order valence-corrected chi connectivity index (χ0v) is 6.45. The van der Waals surface area contributed by atoms with E-state index in [1.165, 1.54) is 6.26 Å². The Morgan fingerprint density at radius 2 is 2.55 bits per heavy atom. The Labute approximate surface area is 65.0 Å². The number of aromatic nitrogens is 1. The van der Waals surface area contributed by atoms with Crippen LogP contribution in [0.25, 0.3) is 0 Å². The van der Waals surface area contributed by atoms with Crippen LogP contribution in [0.1, 0.15) is 24.6 Å². The Hall–Kier alpha value is -0.870. The maximum atomic E-state index is 8.54. The van der Waals surface area contributed by atoms with Crippen molar-refractivity contribution in [3.05, 3.63) is 17.8 Å². The molecule has 1 heterocycles. The van der Waals surface area contributed by atoms with Crippen molar-refractivity contribution in [3.63, 3.8) is 0 Å². The van der Waals surface area contributed by atoms with Gasteiger partial charge in [-0.1, -0.05) is 0 Å². The first-order chi connectivity index (χ1) is 5.24. The second-order valence-corrected chi connectivity index (χ2v) is 2.43. The van der Waals surface area contributed by atoms with Gasteiger partial charge in [0.15, 0.2) is 5.89 Å². The molecule has 0 bridgehead atoms. The summed E-state index contributed by atoms with van der Waals surface area (Å²) in [5.41, 5.74) is 6.27. The molecule has 0 radical (unpaired) electrons. The maximum Gasteiger partial charge on any atom is 0.196 e. The third-order valence-electron chi connectivity index (χ3n) is 1.36. The van der Waals surface area contributed by atoms with Crippen LogP contribution in [0.5, 0.6) is 0 Å². The van der Waals surface area contributed by atoms with E-state index in [2.05, 4.69) is 4.98 Å². The van der Waals surface area contributed by atoms with Crippen LogP contribution >= 0.6 is 0 Å². The summed E-state index contributed by atoms with van der Waals surface area (Å²) in [4.78, 5) is 4.05. The summed E-state index contributed by atoms with van der Waals surface area (Å²) in [5, 5.41) is 8.54. The molecule has 0 fully saturated rings. The van der Waals surface area contributed by atoms with Crippen molar-refractivity contribution in [1.29, 1.82) is 0 Å². The summed E-state index contributed by atoms with van der Waals surface area (Å²) in [6, 6.07) is -0.105. The first kappa shape index (κ1) is 8.23. The first-order valence-corrected chi connectivity index (χ1v) is 3.54. The van der Waals surface area contributed by atoms with Gasteiger partial charge < -0.3 is 15.3 Å². The van der Waals surface area contributed by atoms with Crippen LogP contribution in [0.3, 0.4) is 0 Å². The van der Waals surface area contributed by atoms with Crippen molar-refractivity contribution in [3.8, 4) is 0 Å². The van der Waals surface area contributed by atoms with Gasteiger partial charge in [0.1, 0.15) is 6.26 Å². The van der Waals surface area contributed by atoms with Crippen LogP contribution in [-0.4, -0.2) is 16.7 Å². The minimum Gasteiger partial charge on any atom is -0.449 e. The summed E-state index contributed by atoms with van der Waals surface area (Å²) in [6.45, 7) is 1.89. The van der Waals surface area contributed by atoms with Gasteiger partial charge in [0.25, 0.3) is 0 Å². The summed E-state index contributed by atoms with van der Waals surface area (Å²) in [5.74, 6) is 0.541. The standard InChI is InChI=1S/C7H12N2O2/c1-5(8)6-4-11-7(9-6)2-3-10/h4-5,10H,2-3,8H2,1H3. The van der Waals surface area contributed by atoms with E-state index in [0.717, 1.165) is 5.69 Å². The highest BCUT2D eigenvalue weighted by atomic mass is 16.3. The molecule has 1 unspecified atom stereocenters. The van der Waals surface area contributed by atoms with Crippen molar-refractivity contribution in [2.24, 2.45) is 5.73 Å². The summed E-state index contributed by atoms with van der Waals surface area (Å²) >= 11 is 0. The van der Waals surface area contributed by atoms with Crippen LogP contribution in [-0.2, 0) is 6.42 Å². The molecule has 0 aliphatic carbocycles. The topological polar surface area (TPSA) is 72.3 Å². The molecule has 1 rings (SSSR count). The van der Waals surface area contributed by atoms with Crippen molar-refractivity contribution in [2.45, 2.75) is 19.4 Å². The third-order valence-corrected chi connectivity index (χ3v) is 1.36. The second kappa shape index (κ2) is 3.50. The second-order valence-electron chi connectivity index (χ2n) is 2.43. The molecule has 0 spiro atoms. The largest absolute Gasteiger partial charge is 0.449 e. The van der Waals surface area contributed by atoms with Gasteiger partial charge in [-0.3, -0.25) is 0 Å². The molecule has 11 heavy (non-hydrogen) atoms. The van der Waals surface area contributed by atoms with Gasteiger partial charge in [0.2, 0.25) is 0 Å². The van der Waals surface area contributed by atoms with Crippen molar-refractivity contribution in [2.75, 3.05) is 6.61 Å². The zero-order valence-electron chi connectivity index (χ0n) is 6.45. The Bertz CT molecular complexity index is 220. The van der Waals surface area contributed by atoms with E-state index in [0.29, 0.717) is 12.3 Å². The van der Waals surface area contributed by atoms with E-state index in [1.807, 2.05) is 6.92 Å². The fourth-order valence-electron chi connectivity index (χ4n) is 0.745. The van der Waals surface area contributed by atoms with Gasteiger partial charge in [-0.2, -0.15) is 0 Å². The predicted octanol–water partition coefficient (Wildman–Crippen LogP) is 0.229. The highest BCUT2D eigenvalue weighted by molar-refractivity contribution is 5.00. The van der Waals surface area contributed by atoms with Crippen molar-refractivity contribution >= 4 is 0 Å². The monoisotopic (exact) mass is 156 g/mol. The minimum absolute atomic E-state index is 0.0545. The molecule has 0 amide bonds. The Morgan fingerprint density at radius 3 is 3.00 bits per heavy atom. The van der Waals surface area contributed by atoms with E-state index < -0.39 is 0 Å². The fraction of sp³-hybridized carbons (Fsp3) is 0.571. The van der Waals surface area contributed by atoms with Gasteiger partial charge >= 0.3 is 0 Å². The van der Waals surface area contributed by atoms with Crippen LogP contribution in [0, 0.1) is 0 Å². The quantitative estimate of drug-likeness (QED) is 0.657. The number of rotatable bonds is 3. The Balaban J connectivity index is 2.66. The van der Waals surface area contributed by atoms with Crippen LogP contribution < -0.4 is 5.73 Å². The average Bonchev–Trinajstić information content (AvgIpc) is 2.37. The molecule has 0 saturated heterocycles. The zero-order chi connectivity index (χ0) is 8.27. The molecule has 3 N–H and O–H groups in total. The van der Waals surface area contributed by atoms with E-state index in [4.69, 9.17) is 15.3 Å². The average molecular weight is 156 g/mol. The third kappa shape index (κ3) is 2.03. The highest BCUT2D eigenvalue weighted by Gasteiger charge is 2.05. The van der Waals surface area contributed by atoms with Crippen LogP contribution in [0.2, 0.25) is 0 Å². The molecule has 1 aromatic rings. The molecular formula is C7H12N2O2. The lowest BCUT2D eigenvalue weighted by molar-refractivity contribution is 0.285. The molecule has 1 atom stereocenters.